The number of para-hydroxylation sites is 6. The van der Waals surface area contributed by atoms with E-state index in [-0.39, 0.29) is 39.1 Å². The van der Waals surface area contributed by atoms with Crippen molar-refractivity contribution in [2.24, 2.45) is 0 Å². The minimum absolute atomic E-state index is 0.0734. The van der Waals surface area contributed by atoms with E-state index in [0.717, 1.165) is 65.4 Å². The molecule has 0 atom stereocenters. The zero-order valence-electron chi connectivity index (χ0n) is 36.6. The van der Waals surface area contributed by atoms with Gasteiger partial charge in [0.25, 0.3) is 0 Å². The summed E-state index contributed by atoms with van der Waals surface area (Å²) in [6.07, 6.45) is 0. The van der Waals surface area contributed by atoms with Crippen molar-refractivity contribution >= 4 is 87.2 Å². The third-order valence-corrected chi connectivity index (χ3v) is 13.8. The van der Waals surface area contributed by atoms with Crippen molar-refractivity contribution in [3.63, 3.8) is 0 Å². The summed E-state index contributed by atoms with van der Waals surface area (Å²) in [6, 6.07) is 69.0. The van der Waals surface area contributed by atoms with Crippen molar-refractivity contribution in [1.82, 2.24) is 18.3 Å². The van der Waals surface area contributed by atoms with Gasteiger partial charge >= 0.3 is 0 Å². The van der Waals surface area contributed by atoms with Crippen LogP contribution in [0.15, 0.2) is 170 Å². The minimum Gasteiger partial charge on any atom is -0.306 e. The Morgan fingerprint density at radius 3 is 0.743 bits per heavy atom. The van der Waals surface area contributed by atoms with E-state index < -0.39 is 0 Å². The second kappa shape index (κ2) is 14.8. The van der Waals surface area contributed by atoms with Gasteiger partial charge < -0.3 is 18.3 Å². The van der Waals surface area contributed by atoms with Crippen LogP contribution in [-0.2, 0) is 0 Å². The molecule has 0 aliphatic carbocycles. The summed E-state index contributed by atoms with van der Waals surface area (Å²) in [4.78, 5) is 0. The normalized spacial score (nSPS) is 11.3. The molecule has 4 aromatic heterocycles. The zero-order chi connectivity index (χ0) is 47.4. The van der Waals surface area contributed by atoms with Crippen LogP contribution < -0.4 is 0 Å². The van der Waals surface area contributed by atoms with Gasteiger partial charge in [0.2, 0.25) is 0 Å². The van der Waals surface area contributed by atoms with E-state index in [1.54, 1.807) is 28.8 Å². The van der Waals surface area contributed by atoms with Crippen LogP contribution in [0.1, 0.15) is 33.4 Å². The van der Waals surface area contributed by atoms with Gasteiger partial charge in [0.15, 0.2) is 0 Å². The van der Waals surface area contributed by atoms with Crippen LogP contribution in [0.5, 0.6) is 0 Å². The molecule has 13 aromatic rings. The van der Waals surface area contributed by atoms with E-state index >= 15 is 0 Å². The van der Waals surface area contributed by atoms with Gasteiger partial charge in [0.1, 0.15) is 47.5 Å². The van der Waals surface area contributed by atoms with Gasteiger partial charge in [-0.1, -0.05) is 109 Å². The quantitative estimate of drug-likeness (QED) is 0.171. The highest BCUT2D eigenvalue weighted by Gasteiger charge is 2.35. The molecule has 10 nitrogen and oxygen atoms in total. The maximum absolute atomic E-state index is 12.3. The summed E-state index contributed by atoms with van der Waals surface area (Å²) in [5.41, 5.74) is 7.99. The van der Waals surface area contributed by atoms with E-state index in [1.807, 2.05) is 97.1 Å². The van der Waals surface area contributed by atoms with Gasteiger partial charge in [0.05, 0.1) is 89.1 Å². The molecular weight excluding hydrogens is 861 g/mol. The number of nitriles is 6. The van der Waals surface area contributed by atoms with E-state index in [2.05, 4.69) is 98.6 Å². The van der Waals surface area contributed by atoms with Crippen LogP contribution in [0, 0.1) is 68.0 Å². The van der Waals surface area contributed by atoms with Crippen molar-refractivity contribution in [3.05, 3.63) is 203 Å². The highest BCUT2D eigenvalue weighted by atomic mass is 15.1. The van der Waals surface area contributed by atoms with Crippen LogP contribution in [0.3, 0.4) is 0 Å². The highest BCUT2D eigenvalue weighted by molar-refractivity contribution is 6.16. The second-order valence-corrected chi connectivity index (χ2v) is 17.1. The Labute approximate surface area is 397 Å². The molecule has 9 aromatic carbocycles. The molecule has 13 rings (SSSR count). The third-order valence-electron chi connectivity index (χ3n) is 13.8. The maximum Gasteiger partial charge on any atom is 0.104 e. The summed E-state index contributed by atoms with van der Waals surface area (Å²) in [5, 5.41) is 73.1. The molecule has 0 N–H and O–H groups in total. The lowest BCUT2D eigenvalue weighted by molar-refractivity contribution is 1.02. The fourth-order valence-electron chi connectivity index (χ4n) is 11.0. The number of aromatic nitrogens is 4. The monoisotopic (exact) mass is 888 g/mol. The Balaban J connectivity index is 1.40. The maximum atomic E-state index is 12.3. The van der Waals surface area contributed by atoms with Gasteiger partial charge in [-0.2, -0.15) is 31.6 Å². The van der Waals surface area contributed by atoms with Crippen LogP contribution in [0.2, 0.25) is 0 Å². The van der Waals surface area contributed by atoms with Gasteiger partial charge in [-0.25, -0.2) is 0 Å². The zero-order valence-corrected chi connectivity index (χ0v) is 36.6. The molecule has 0 amide bonds. The fourth-order valence-corrected chi connectivity index (χ4v) is 11.0. The Bertz CT molecular complexity index is 4390. The summed E-state index contributed by atoms with van der Waals surface area (Å²) >= 11 is 0. The molecule has 0 radical (unpaired) electrons. The summed E-state index contributed by atoms with van der Waals surface area (Å²) < 4.78 is 8.21. The summed E-state index contributed by atoms with van der Waals surface area (Å²) in [7, 11) is 0. The van der Waals surface area contributed by atoms with E-state index in [4.69, 9.17) is 0 Å². The second-order valence-electron chi connectivity index (χ2n) is 17.1. The van der Waals surface area contributed by atoms with Crippen molar-refractivity contribution in [2.75, 3.05) is 0 Å². The van der Waals surface area contributed by atoms with Crippen molar-refractivity contribution in [3.8, 4) is 59.2 Å². The molecule has 10 heteroatoms. The summed E-state index contributed by atoms with van der Waals surface area (Å²) in [6.45, 7) is 0. The molecule has 0 aliphatic heterocycles. The largest absolute Gasteiger partial charge is 0.306 e. The topological polar surface area (TPSA) is 162 Å². The first-order valence-electron chi connectivity index (χ1n) is 22.3. The molecule has 0 unspecified atom stereocenters. The first-order chi connectivity index (χ1) is 34.5. The molecule has 70 heavy (non-hydrogen) atoms. The van der Waals surface area contributed by atoms with Gasteiger partial charge in [-0.15, -0.1) is 0 Å². The van der Waals surface area contributed by atoms with Crippen molar-refractivity contribution in [1.29, 1.82) is 31.6 Å². The van der Waals surface area contributed by atoms with Crippen molar-refractivity contribution in [2.45, 2.75) is 0 Å². The first kappa shape index (κ1) is 39.5. The predicted octanol–water partition coefficient (Wildman–Crippen LogP) is 13.3. The molecule has 0 bridgehead atoms. The van der Waals surface area contributed by atoms with Gasteiger partial charge in [-0.05, 0) is 60.7 Å². The lowest BCUT2D eigenvalue weighted by Gasteiger charge is -2.27. The Morgan fingerprint density at radius 2 is 0.471 bits per heavy atom. The van der Waals surface area contributed by atoms with Crippen LogP contribution >= 0.6 is 0 Å². The Morgan fingerprint density at radius 1 is 0.229 bits per heavy atom. The average molecular weight is 889 g/mol. The molecular formula is C60H28N10. The number of nitrogens with zero attached hydrogens (tertiary/aromatic N) is 10. The Hall–Kier alpha value is -10.9. The predicted molar refractivity (Wildman–Crippen MR) is 272 cm³/mol. The average Bonchev–Trinajstić information content (AvgIpc) is 4.13. The lowest BCUT2D eigenvalue weighted by atomic mass is 9.98. The van der Waals surface area contributed by atoms with Gasteiger partial charge in [0, 0.05) is 43.1 Å². The molecule has 0 saturated heterocycles. The molecule has 4 heterocycles. The first-order valence-corrected chi connectivity index (χ1v) is 22.3. The number of hydrogen-bond donors (Lipinski definition) is 0. The molecule has 0 saturated carbocycles. The van der Waals surface area contributed by atoms with Gasteiger partial charge in [-0.3, -0.25) is 0 Å². The third kappa shape index (κ3) is 5.14. The minimum atomic E-state index is 0.0734. The van der Waals surface area contributed by atoms with Crippen LogP contribution in [0.4, 0.5) is 0 Å². The summed E-state index contributed by atoms with van der Waals surface area (Å²) in [5.74, 6) is 0. The molecule has 0 aliphatic rings. The van der Waals surface area contributed by atoms with Crippen molar-refractivity contribution < 1.29 is 0 Å². The van der Waals surface area contributed by atoms with E-state index in [0.29, 0.717) is 38.9 Å². The van der Waals surface area contributed by atoms with E-state index in [1.165, 1.54) is 0 Å². The molecule has 0 fully saturated rings. The number of benzene rings is 9. The standard InChI is InChI=1S/C60H28N10/c61-29-35-25-45-46-26-36(30-62)38(32-64)28-56(46)70(55(45)27-37(35)31-63)57-47(33-65)58(67-49-19-7-1-13-39(49)40-14-2-8-20-50(40)67)60(69-53-23-11-5-17-43(53)44-18-6-12-24-54(44)69)59(48(57)34-66)68-51-21-9-3-15-41(51)42-16-4-10-22-52(42)68/h1-28H. The Kier molecular flexibility index (Phi) is 8.36. The number of rotatable bonds is 4. The van der Waals surface area contributed by atoms with E-state index in [9.17, 15) is 31.6 Å². The number of fused-ring (bicyclic) bond motifs is 12. The molecule has 318 valence electrons. The smallest absolute Gasteiger partial charge is 0.104 e. The van der Waals surface area contributed by atoms with Crippen LogP contribution in [-0.4, -0.2) is 18.3 Å². The lowest BCUT2D eigenvalue weighted by Crippen LogP contribution is -2.17. The highest BCUT2D eigenvalue weighted by Crippen LogP contribution is 2.49. The SMILES string of the molecule is N#Cc1cc2c3cc(C#N)c(C#N)cc3n(-c3c(C#N)c(-n4c5ccccc5c5ccccc54)c(-n4c5ccccc5c5ccccc54)c(-n4c5ccccc5c5ccccc54)c3C#N)c2cc1C#N. The van der Waals surface area contributed by atoms with Crippen LogP contribution in [0.25, 0.3) is 110 Å². The fraction of sp³-hybridized carbons (Fsp3) is 0. The number of hydrogen-bond acceptors (Lipinski definition) is 6. The molecule has 0 spiro atoms.